The van der Waals surface area contributed by atoms with Gasteiger partial charge in [0, 0.05) is 30.1 Å². The zero-order valence-corrected chi connectivity index (χ0v) is 22.2. The summed E-state index contributed by atoms with van der Waals surface area (Å²) in [4.78, 5) is 5.64. The molecule has 4 rings (SSSR count). The van der Waals surface area contributed by atoms with E-state index in [0.717, 1.165) is 22.4 Å². The van der Waals surface area contributed by atoms with E-state index in [-0.39, 0.29) is 4.90 Å². The van der Waals surface area contributed by atoms with Gasteiger partial charge in [-0.05, 0) is 49.2 Å². The SMILES string of the molecule is Cc1ccc(-c2csc(=Nc3cc(S(=O)(=O)N(C)C)ccc3C)n2/N=C/c2ccc(Cl)cc2)cc1. The molecule has 0 aliphatic heterocycles. The van der Waals surface area contributed by atoms with Crippen LogP contribution in [-0.2, 0) is 10.0 Å². The maximum atomic E-state index is 12.7. The van der Waals surface area contributed by atoms with Crippen molar-refractivity contribution in [3.8, 4) is 11.3 Å². The summed E-state index contributed by atoms with van der Waals surface area (Å²) in [6.45, 7) is 3.95. The minimum atomic E-state index is -3.58. The molecule has 0 aliphatic carbocycles. The lowest BCUT2D eigenvalue weighted by Gasteiger charge is -2.12. The summed E-state index contributed by atoms with van der Waals surface area (Å²) in [6, 6.07) is 20.6. The lowest BCUT2D eigenvalue weighted by Crippen LogP contribution is -2.22. The average Bonchev–Trinajstić information content (AvgIpc) is 3.22. The summed E-state index contributed by atoms with van der Waals surface area (Å²) in [6.07, 6.45) is 1.75. The third-order valence-electron chi connectivity index (χ3n) is 5.40. The topological polar surface area (TPSA) is 67.0 Å². The molecule has 0 saturated heterocycles. The Morgan fingerprint density at radius 1 is 0.971 bits per heavy atom. The van der Waals surface area contributed by atoms with Crippen LogP contribution in [-0.4, -0.2) is 37.7 Å². The summed E-state index contributed by atoms with van der Waals surface area (Å²) in [5.41, 5.74) is 5.38. The highest BCUT2D eigenvalue weighted by Crippen LogP contribution is 2.25. The fraction of sp³-hybridized carbons (Fsp3) is 0.154. The molecule has 0 aliphatic rings. The third kappa shape index (κ3) is 5.62. The van der Waals surface area contributed by atoms with Gasteiger partial charge in [0.1, 0.15) is 0 Å². The Labute approximate surface area is 214 Å². The molecular formula is C26H25ClN4O2S2. The van der Waals surface area contributed by atoms with Crippen LogP contribution >= 0.6 is 22.9 Å². The van der Waals surface area contributed by atoms with Crippen LogP contribution in [0, 0.1) is 13.8 Å². The molecule has 0 bridgehead atoms. The predicted molar refractivity (Wildman–Crippen MR) is 144 cm³/mol. The number of aromatic nitrogens is 1. The van der Waals surface area contributed by atoms with E-state index in [1.165, 1.54) is 35.3 Å². The lowest BCUT2D eigenvalue weighted by atomic mass is 10.1. The lowest BCUT2D eigenvalue weighted by molar-refractivity contribution is 0.521. The second kappa shape index (κ2) is 10.3. The fourth-order valence-corrected chi connectivity index (χ4v) is 5.17. The van der Waals surface area contributed by atoms with Crippen molar-refractivity contribution in [1.82, 2.24) is 8.98 Å². The van der Waals surface area contributed by atoms with E-state index in [4.69, 9.17) is 21.7 Å². The number of nitrogens with zero attached hydrogens (tertiary/aromatic N) is 4. The van der Waals surface area contributed by atoms with E-state index >= 15 is 0 Å². The zero-order valence-electron chi connectivity index (χ0n) is 19.8. The number of benzene rings is 3. The molecule has 0 unspecified atom stereocenters. The number of hydrogen-bond donors (Lipinski definition) is 0. The maximum Gasteiger partial charge on any atom is 0.242 e. The predicted octanol–water partition coefficient (Wildman–Crippen LogP) is 5.85. The molecule has 0 spiro atoms. The van der Waals surface area contributed by atoms with E-state index in [1.807, 2.05) is 55.6 Å². The molecule has 0 atom stereocenters. The normalized spacial score (nSPS) is 12.7. The maximum absolute atomic E-state index is 12.7. The fourth-order valence-electron chi connectivity index (χ4n) is 3.27. The van der Waals surface area contributed by atoms with Crippen molar-refractivity contribution in [3.63, 3.8) is 0 Å². The smallest absolute Gasteiger partial charge is 0.219 e. The monoisotopic (exact) mass is 524 g/mol. The van der Waals surface area contributed by atoms with Crippen LogP contribution in [0.4, 0.5) is 5.69 Å². The Hall–Kier alpha value is -3.04. The van der Waals surface area contributed by atoms with Gasteiger partial charge in [0.05, 0.1) is 22.5 Å². The van der Waals surface area contributed by atoms with Crippen LogP contribution < -0.4 is 4.80 Å². The second-order valence-electron chi connectivity index (χ2n) is 8.22. The first-order valence-electron chi connectivity index (χ1n) is 10.8. The highest BCUT2D eigenvalue weighted by Gasteiger charge is 2.18. The molecule has 35 heavy (non-hydrogen) atoms. The molecule has 0 radical (unpaired) electrons. The van der Waals surface area contributed by atoms with E-state index in [0.29, 0.717) is 15.5 Å². The standard InChI is InChI=1S/C26H25ClN4O2S2/c1-18-5-10-21(11-6-18)25-17-34-26(31(25)28-16-20-8-12-22(27)13-9-20)29-24-15-23(14-7-19(24)2)35(32,33)30(3)4/h5-17H,1-4H3/b28-16+,29-26?. The summed E-state index contributed by atoms with van der Waals surface area (Å²) in [5.74, 6) is 0. The van der Waals surface area contributed by atoms with Gasteiger partial charge in [0.25, 0.3) is 0 Å². The number of thiazole rings is 1. The highest BCUT2D eigenvalue weighted by molar-refractivity contribution is 7.89. The molecule has 0 fully saturated rings. The Kier molecular flexibility index (Phi) is 7.37. The Morgan fingerprint density at radius 2 is 1.66 bits per heavy atom. The van der Waals surface area contributed by atoms with Crippen molar-refractivity contribution in [2.45, 2.75) is 18.7 Å². The van der Waals surface area contributed by atoms with Crippen molar-refractivity contribution in [3.05, 3.63) is 98.6 Å². The zero-order chi connectivity index (χ0) is 25.2. The number of rotatable bonds is 6. The number of hydrogen-bond acceptors (Lipinski definition) is 5. The van der Waals surface area contributed by atoms with E-state index in [2.05, 4.69) is 12.1 Å². The van der Waals surface area contributed by atoms with Crippen molar-refractivity contribution in [1.29, 1.82) is 0 Å². The molecule has 3 aromatic carbocycles. The van der Waals surface area contributed by atoms with Gasteiger partial charge in [-0.3, -0.25) is 0 Å². The molecule has 4 aromatic rings. The summed E-state index contributed by atoms with van der Waals surface area (Å²) in [5, 5.41) is 7.38. The summed E-state index contributed by atoms with van der Waals surface area (Å²) >= 11 is 7.45. The Bertz CT molecular complexity index is 1550. The average molecular weight is 525 g/mol. The minimum absolute atomic E-state index is 0.193. The summed E-state index contributed by atoms with van der Waals surface area (Å²) < 4.78 is 28.3. The van der Waals surface area contributed by atoms with Crippen LogP contribution in [0.3, 0.4) is 0 Å². The van der Waals surface area contributed by atoms with E-state index < -0.39 is 10.0 Å². The molecule has 0 saturated carbocycles. The first-order chi connectivity index (χ1) is 16.6. The van der Waals surface area contributed by atoms with Crippen molar-refractivity contribution < 1.29 is 8.42 Å². The molecule has 180 valence electrons. The van der Waals surface area contributed by atoms with Crippen LogP contribution in [0.15, 0.2) is 87.1 Å². The molecule has 1 heterocycles. The number of sulfonamides is 1. The van der Waals surface area contributed by atoms with Gasteiger partial charge >= 0.3 is 0 Å². The van der Waals surface area contributed by atoms with Crippen LogP contribution in [0.5, 0.6) is 0 Å². The van der Waals surface area contributed by atoms with Gasteiger partial charge in [0.2, 0.25) is 14.8 Å². The van der Waals surface area contributed by atoms with Gasteiger partial charge in [-0.2, -0.15) is 5.10 Å². The molecule has 0 N–H and O–H groups in total. The van der Waals surface area contributed by atoms with Crippen molar-refractivity contribution in [2.75, 3.05) is 14.1 Å². The first kappa shape index (κ1) is 25.1. The van der Waals surface area contributed by atoms with Gasteiger partial charge < -0.3 is 0 Å². The Morgan fingerprint density at radius 3 is 2.31 bits per heavy atom. The molecule has 9 heteroatoms. The molecule has 6 nitrogen and oxygen atoms in total. The van der Waals surface area contributed by atoms with Crippen LogP contribution in [0.1, 0.15) is 16.7 Å². The molecule has 0 amide bonds. The molecule has 1 aromatic heterocycles. The second-order valence-corrected chi connectivity index (χ2v) is 11.6. The van der Waals surface area contributed by atoms with Crippen molar-refractivity contribution in [2.24, 2.45) is 10.1 Å². The van der Waals surface area contributed by atoms with E-state index in [9.17, 15) is 8.42 Å². The van der Waals surface area contributed by atoms with Gasteiger partial charge in [0.15, 0.2) is 0 Å². The Balaban J connectivity index is 1.88. The largest absolute Gasteiger partial charge is 0.242 e. The minimum Gasteiger partial charge on any atom is -0.219 e. The van der Waals surface area contributed by atoms with Crippen molar-refractivity contribution >= 4 is 44.9 Å². The van der Waals surface area contributed by atoms with Crippen LogP contribution in [0.25, 0.3) is 11.3 Å². The van der Waals surface area contributed by atoms with Crippen LogP contribution in [0.2, 0.25) is 5.02 Å². The third-order valence-corrected chi connectivity index (χ3v) is 8.28. The van der Waals surface area contributed by atoms with Gasteiger partial charge in [-0.25, -0.2) is 22.4 Å². The molecular weight excluding hydrogens is 500 g/mol. The van der Waals surface area contributed by atoms with Gasteiger partial charge in [-0.15, -0.1) is 11.3 Å². The van der Waals surface area contributed by atoms with Gasteiger partial charge in [-0.1, -0.05) is 59.6 Å². The number of aryl methyl sites for hydroxylation is 2. The number of halogens is 1. The quantitative estimate of drug-likeness (QED) is 0.297. The summed E-state index contributed by atoms with van der Waals surface area (Å²) in [7, 11) is -0.556. The van der Waals surface area contributed by atoms with E-state index in [1.54, 1.807) is 29.1 Å². The first-order valence-corrected chi connectivity index (χ1v) is 13.5. The highest BCUT2D eigenvalue weighted by atomic mass is 35.5.